The number of hydrogen-bond acceptors (Lipinski definition) is 4. The lowest BCUT2D eigenvalue weighted by atomic mass is 10.2. The van der Waals surface area contributed by atoms with Gasteiger partial charge >= 0.3 is 0 Å². The third kappa shape index (κ3) is 6.53. The molecule has 1 heterocycles. The molecule has 16 heavy (non-hydrogen) atoms. The van der Waals surface area contributed by atoms with Crippen molar-refractivity contribution >= 4 is 23.1 Å². The standard InChI is InChI=1S/C12H22N2S2/c1-14(8-10-15-2)7-6-13-5-3-12-4-9-16-11-12/h4,9,11,13H,3,5-8,10H2,1-2H3. The molecular formula is C12H22N2S2. The Morgan fingerprint density at radius 3 is 2.94 bits per heavy atom. The Morgan fingerprint density at radius 1 is 1.38 bits per heavy atom. The van der Waals surface area contributed by atoms with E-state index >= 15 is 0 Å². The molecule has 0 aromatic carbocycles. The molecule has 2 nitrogen and oxygen atoms in total. The van der Waals surface area contributed by atoms with Crippen molar-refractivity contribution in [2.45, 2.75) is 6.42 Å². The molecule has 0 aliphatic heterocycles. The van der Waals surface area contributed by atoms with Crippen LogP contribution in [-0.4, -0.2) is 50.1 Å². The lowest BCUT2D eigenvalue weighted by molar-refractivity contribution is 0.352. The fourth-order valence-electron chi connectivity index (χ4n) is 1.42. The third-order valence-corrected chi connectivity index (χ3v) is 3.84. The number of thioether (sulfide) groups is 1. The van der Waals surface area contributed by atoms with E-state index in [2.05, 4.69) is 40.3 Å². The van der Waals surface area contributed by atoms with Crippen LogP contribution in [0.4, 0.5) is 0 Å². The summed E-state index contributed by atoms with van der Waals surface area (Å²) in [5, 5.41) is 7.86. The van der Waals surface area contributed by atoms with E-state index in [-0.39, 0.29) is 0 Å². The normalized spacial score (nSPS) is 11.2. The van der Waals surface area contributed by atoms with Gasteiger partial charge in [-0.25, -0.2) is 0 Å². The second-order valence-corrected chi connectivity index (χ2v) is 5.69. The third-order valence-electron chi connectivity index (χ3n) is 2.52. The highest BCUT2D eigenvalue weighted by Crippen LogP contribution is 2.05. The second kappa shape index (κ2) is 9.05. The molecule has 0 aliphatic carbocycles. The van der Waals surface area contributed by atoms with Gasteiger partial charge in [0.05, 0.1) is 0 Å². The molecule has 0 saturated carbocycles. The van der Waals surface area contributed by atoms with Crippen molar-refractivity contribution in [2.75, 3.05) is 45.2 Å². The molecule has 0 atom stereocenters. The molecule has 1 aromatic rings. The summed E-state index contributed by atoms with van der Waals surface area (Å²) in [6.45, 7) is 4.51. The molecule has 0 amide bonds. The maximum atomic E-state index is 3.49. The largest absolute Gasteiger partial charge is 0.315 e. The first-order chi connectivity index (χ1) is 7.83. The highest BCUT2D eigenvalue weighted by molar-refractivity contribution is 7.98. The first-order valence-electron chi connectivity index (χ1n) is 5.72. The molecule has 1 rings (SSSR count). The summed E-state index contributed by atoms with van der Waals surface area (Å²) in [5.74, 6) is 1.23. The van der Waals surface area contributed by atoms with Gasteiger partial charge in [-0.2, -0.15) is 23.1 Å². The smallest absolute Gasteiger partial charge is 0.0104 e. The maximum absolute atomic E-state index is 3.49. The van der Waals surface area contributed by atoms with Crippen molar-refractivity contribution < 1.29 is 0 Å². The zero-order valence-electron chi connectivity index (χ0n) is 10.2. The second-order valence-electron chi connectivity index (χ2n) is 3.93. The van der Waals surface area contributed by atoms with E-state index in [1.165, 1.54) is 17.9 Å². The van der Waals surface area contributed by atoms with Crippen LogP contribution in [0.5, 0.6) is 0 Å². The summed E-state index contributed by atoms with van der Waals surface area (Å²) < 4.78 is 0. The highest BCUT2D eigenvalue weighted by atomic mass is 32.2. The molecule has 0 saturated heterocycles. The fraction of sp³-hybridized carbons (Fsp3) is 0.667. The summed E-state index contributed by atoms with van der Waals surface area (Å²) in [7, 11) is 2.19. The van der Waals surface area contributed by atoms with Crippen LogP contribution < -0.4 is 5.32 Å². The number of nitrogens with zero attached hydrogens (tertiary/aromatic N) is 1. The Bertz CT molecular complexity index is 250. The topological polar surface area (TPSA) is 15.3 Å². The first-order valence-corrected chi connectivity index (χ1v) is 8.06. The van der Waals surface area contributed by atoms with Gasteiger partial charge in [0.15, 0.2) is 0 Å². The Morgan fingerprint density at radius 2 is 2.25 bits per heavy atom. The summed E-state index contributed by atoms with van der Waals surface area (Å²) in [6.07, 6.45) is 3.31. The quantitative estimate of drug-likeness (QED) is 0.684. The van der Waals surface area contributed by atoms with Crippen LogP contribution in [0.15, 0.2) is 16.8 Å². The van der Waals surface area contributed by atoms with Gasteiger partial charge in [-0.1, -0.05) is 0 Å². The summed E-state index contributed by atoms with van der Waals surface area (Å²) >= 11 is 3.69. The SMILES string of the molecule is CSCCN(C)CCNCCc1ccsc1. The van der Waals surface area contributed by atoms with E-state index in [4.69, 9.17) is 0 Å². The molecule has 0 aliphatic rings. The molecule has 4 heteroatoms. The minimum Gasteiger partial charge on any atom is -0.315 e. The molecule has 0 fully saturated rings. The van der Waals surface area contributed by atoms with Crippen molar-refractivity contribution in [1.82, 2.24) is 10.2 Å². The minimum atomic E-state index is 1.09. The average molecular weight is 258 g/mol. The molecule has 0 spiro atoms. The van der Waals surface area contributed by atoms with Gasteiger partial charge in [-0.3, -0.25) is 0 Å². The number of hydrogen-bond donors (Lipinski definition) is 1. The van der Waals surface area contributed by atoms with Crippen LogP contribution in [0, 0.1) is 0 Å². The molecule has 1 N–H and O–H groups in total. The molecular weight excluding hydrogens is 236 g/mol. The van der Waals surface area contributed by atoms with E-state index < -0.39 is 0 Å². The lowest BCUT2D eigenvalue weighted by Gasteiger charge is -2.15. The highest BCUT2D eigenvalue weighted by Gasteiger charge is 1.97. The molecule has 0 unspecified atom stereocenters. The molecule has 92 valence electrons. The summed E-state index contributed by atoms with van der Waals surface area (Å²) in [5.41, 5.74) is 1.45. The van der Waals surface area contributed by atoms with Crippen LogP contribution in [0.25, 0.3) is 0 Å². The number of thiophene rings is 1. The fourth-order valence-corrected chi connectivity index (χ4v) is 2.62. The van der Waals surface area contributed by atoms with Gasteiger partial charge in [0.1, 0.15) is 0 Å². The van der Waals surface area contributed by atoms with Crippen LogP contribution in [0.3, 0.4) is 0 Å². The maximum Gasteiger partial charge on any atom is 0.0104 e. The van der Waals surface area contributed by atoms with Crippen molar-refractivity contribution in [2.24, 2.45) is 0 Å². The Kier molecular flexibility index (Phi) is 7.93. The lowest BCUT2D eigenvalue weighted by Crippen LogP contribution is -2.31. The van der Waals surface area contributed by atoms with Crippen LogP contribution in [0.2, 0.25) is 0 Å². The summed E-state index contributed by atoms with van der Waals surface area (Å²) in [6, 6.07) is 2.21. The van der Waals surface area contributed by atoms with Crippen LogP contribution in [0.1, 0.15) is 5.56 Å². The van der Waals surface area contributed by atoms with Gasteiger partial charge < -0.3 is 10.2 Å². The van der Waals surface area contributed by atoms with Gasteiger partial charge in [-0.15, -0.1) is 0 Å². The predicted octanol–water partition coefficient (Wildman–Crippen LogP) is 2.17. The monoisotopic (exact) mass is 258 g/mol. The van der Waals surface area contributed by atoms with Gasteiger partial charge in [0.2, 0.25) is 0 Å². The van der Waals surface area contributed by atoms with Crippen molar-refractivity contribution in [3.63, 3.8) is 0 Å². The number of likely N-dealkylation sites (N-methyl/N-ethyl adjacent to an activating group) is 1. The van der Waals surface area contributed by atoms with Gasteiger partial charge in [0, 0.05) is 25.4 Å². The predicted molar refractivity (Wildman–Crippen MR) is 76.8 cm³/mol. The number of nitrogens with one attached hydrogen (secondary N) is 1. The Labute approximate surface area is 107 Å². The Hall–Kier alpha value is -0.0300. The van der Waals surface area contributed by atoms with Gasteiger partial charge in [-0.05, 0) is 48.7 Å². The number of rotatable bonds is 9. The first kappa shape index (κ1) is 14.0. The molecule has 0 bridgehead atoms. The summed E-state index contributed by atoms with van der Waals surface area (Å²) in [4.78, 5) is 2.38. The van der Waals surface area contributed by atoms with E-state index in [1.807, 2.05) is 11.8 Å². The molecule has 0 radical (unpaired) electrons. The van der Waals surface area contributed by atoms with Crippen molar-refractivity contribution in [3.8, 4) is 0 Å². The van der Waals surface area contributed by atoms with Crippen molar-refractivity contribution in [3.05, 3.63) is 22.4 Å². The zero-order valence-corrected chi connectivity index (χ0v) is 11.9. The van der Waals surface area contributed by atoms with E-state index in [0.717, 1.165) is 26.1 Å². The van der Waals surface area contributed by atoms with Crippen LogP contribution >= 0.6 is 23.1 Å². The average Bonchev–Trinajstić information content (AvgIpc) is 2.79. The van der Waals surface area contributed by atoms with E-state index in [9.17, 15) is 0 Å². The Balaban J connectivity index is 1.91. The molecule has 1 aromatic heterocycles. The van der Waals surface area contributed by atoms with Crippen molar-refractivity contribution in [1.29, 1.82) is 0 Å². The zero-order chi connectivity index (χ0) is 11.6. The van der Waals surface area contributed by atoms with E-state index in [1.54, 1.807) is 11.3 Å². The van der Waals surface area contributed by atoms with Gasteiger partial charge in [0.25, 0.3) is 0 Å². The van der Waals surface area contributed by atoms with Crippen LogP contribution in [-0.2, 0) is 6.42 Å². The minimum absolute atomic E-state index is 1.09. The van der Waals surface area contributed by atoms with E-state index in [0.29, 0.717) is 0 Å².